The standard InChI is InChI=1S/C30H25NSi/c1-5-13-25(14-6-1)31-26-21-23-30(24-22-26)32(27-15-7-2-8-16-27,28-17-9-3-10-18-28)29-19-11-4-12-20-29/h1-24,31H. The molecule has 0 bridgehead atoms. The smallest absolute Gasteiger partial charge is 0.179 e. The summed E-state index contributed by atoms with van der Waals surface area (Å²) in [6.07, 6.45) is 0. The number of nitrogens with one attached hydrogen (secondary N) is 1. The Labute approximate surface area is 191 Å². The van der Waals surface area contributed by atoms with Crippen LogP contribution in [0.15, 0.2) is 146 Å². The molecule has 1 N–H and O–H groups in total. The topological polar surface area (TPSA) is 12.0 Å². The van der Waals surface area contributed by atoms with Crippen LogP contribution in [0, 0.1) is 0 Å². The lowest BCUT2D eigenvalue weighted by Gasteiger charge is -2.34. The molecule has 0 unspecified atom stereocenters. The molecule has 0 aliphatic rings. The van der Waals surface area contributed by atoms with Gasteiger partial charge in [0.05, 0.1) is 0 Å². The van der Waals surface area contributed by atoms with Crippen LogP contribution in [-0.2, 0) is 0 Å². The van der Waals surface area contributed by atoms with Gasteiger partial charge in [-0.25, -0.2) is 0 Å². The van der Waals surface area contributed by atoms with Crippen LogP contribution in [-0.4, -0.2) is 8.07 Å². The Bertz CT molecular complexity index is 1160. The van der Waals surface area contributed by atoms with Crippen LogP contribution < -0.4 is 26.1 Å². The molecule has 0 spiro atoms. The molecule has 0 saturated carbocycles. The normalized spacial score (nSPS) is 11.1. The van der Waals surface area contributed by atoms with Gasteiger partial charge in [0, 0.05) is 11.4 Å². The largest absolute Gasteiger partial charge is 0.356 e. The lowest BCUT2D eigenvalue weighted by atomic mass is 10.3. The summed E-state index contributed by atoms with van der Waals surface area (Å²) in [4.78, 5) is 0. The van der Waals surface area contributed by atoms with E-state index in [-0.39, 0.29) is 0 Å². The number of para-hydroxylation sites is 1. The summed E-state index contributed by atoms with van der Waals surface area (Å²) < 4.78 is 0. The lowest BCUT2D eigenvalue weighted by Crippen LogP contribution is -2.74. The summed E-state index contributed by atoms with van der Waals surface area (Å²) in [5.74, 6) is 0. The van der Waals surface area contributed by atoms with E-state index in [1.54, 1.807) is 0 Å². The van der Waals surface area contributed by atoms with Crippen LogP contribution in [0.1, 0.15) is 0 Å². The van der Waals surface area contributed by atoms with Gasteiger partial charge in [0.1, 0.15) is 0 Å². The SMILES string of the molecule is c1ccc(Nc2ccc([Si](c3ccccc3)(c3ccccc3)c3ccccc3)cc2)cc1. The molecule has 1 nitrogen and oxygen atoms in total. The van der Waals surface area contributed by atoms with Gasteiger partial charge in [-0.15, -0.1) is 0 Å². The van der Waals surface area contributed by atoms with Gasteiger partial charge < -0.3 is 5.32 Å². The molecule has 2 heteroatoms. The van der Waals surface area contributed by atoms with E-state index in [4.69, 9.17) is 0 Å². The Morgan fingerprint density at radius 2 is 0.625 bits per heavy atom. The third-order valence-corrected chi connectivity index (χ3v) is 10.8. The van der Waals surface area contributed by atoms with Crippen molar-refractivity contribution in [1.29, 1.82) is 0 Å². The minimum Gasteiger partial charge on any atom is -0.356 e. The third-order valence-electron chi connectivity index (χ3n) is 6.00. The van der Waals surface area contributed by atoms with E-state index in [1.807, 2.05) is 6.07 Å². The highest BCUT2D eigenvalue weighted by Gasteiger charge is 2.41. The zero-order valence-electron chi connectivity index (χ0n) is 17.9. The van der Waals surface area contributed by atoms with Crippen LogP contribution in [0.5, 0.6) is 0 Å². The molecule has 5 aromatic carbocycles. The molecular formula is C30H25NSi. The number of rotatable bonds is 6. The molecule has 154 valence electrons. The van der Waals surface area contributed by atoms with Gasteiger partial charge in [-0.3, -0.25) is 0 Å². The van der Waals surface area contributed by atoms with Crippen molar-refractivity contribution in [3.05, 3.63) is 146 Å². The van der Waals surface area contributed by atoms with Crippen LogP contribution in [0.4, 0.5) is 11.4 Å². The van der Waals surface area contributed by atoms with Gasteiger partial charge in [0.25, 0.3) is 0 Å². The first-order valence-corrected chi connectivity index (χ1v) is 13.0. The van der Waals surface area contributed by atoms with Gasteiger partial charge in [0.2, 0.25) is 0 Å². The first-order valence-electron chi connectivity index (χ1n) is 11.0. The minimum atomic E-state index is -2.44. The highest BCUT2D eigenvalue weighted by Crippen LogP contribution is 2.16. The number of anilines is 2. The van der Waals surface area contributed by atoms with Crippen molar-refractivity contribution < 1.29 is 0 Å². The molecule has 0 aliphatic carbocycles. The Morgan fingerprint density at radius 1 is 0.312 bits per heavy atom. The Hall–Kier alpha value is -3.88. The Morgan fingerprint density at radius 3 is 1.03 bits per heavy atom. The summed E-state index contributed by atoms with van der Waals surface area (Å²) in [5, 5.41) is 9.06. The summed E-state index contributed by atoms with van der Waals surface area (Å²) in [6.45, 7) is 0. The lowest BCUT2D eigenvalue weighted by molar-refractivity contribution is 1.56. The molecule has 0 atom stereocenters. The second kappa shape index (κ2) is 9.09. The minimum absolute atomic E-state index is 1.09. The van der Waals surface area contributed by atoms with Crippen molar-refractivity contribution in [2.24, 2.45) is 0 Å². The molecule has 0 aliphatic heterocycles. The molecule has 5 rings (SSSR count). The zero-order valence-corrected chi connectivity index (χ0v) is 18.9. The van der Waals surface area contributed by atoms with E-state index in [0.717, 1.165) is 11.4 Å². The van der Waals surface area contributed by atoms with E-state index < -0.39 is 8.07 Å². The first-order chi connectivity index (χ1) is 15.9. The van der Waals surface area contributed by atoms with Gasteiger partial charge in [-0.1, -0.05) is 121 Å². The van der Waals surface area contributed by atoms with Crippen molar-refractivity contribution in [3.8, 4) is 0 Å². The van der Waals surface area contributed by atoms with E-state index in [2.05, 4.69) is 145 Å². The van der Waals surface area contributed by atoms with Crippen molar-refractivity contribution in [2.75, 3.05) is 5.32 Å². The highest BCUT2D eigenvalue weighted by atomic mass is 28.3. The Balaban J connectivity index is 1.70. The van der Waals surface area contributed by atoms with Crippen LogP contribution >= 0.6 is 0 Å². The molecule has 0 radical (unpaired) electrons. The number of benzene rings is 5. The van der Waals surface area contributed by atoms with Crippen molar-refractivity contribution in [2.45, 2.75) is 0 Å². The van der Waals surface area contributed by atoms with Gasteiger partial charge in [0.15, 0.2) is 8.07 Å². The molecule has 0 amide bonds. The fraction of sp³-hybridized carbons (Fsp3) is 0. The molecular weight excluding hydrogens is 402 g/mol. The van der Waals surface area contributed by atoms with Crippen LogP contribution in [0.25, 0.3) is 0 Å². The first kappa shape index (κ1) is 20.0. The highest BCUT2D eigenvalue weighted by molar-refractivity contribution is 7.19. The quantitative estimate of drug-likeness (QED) is 0.303. The monoisotopic (exact) mass is 427 g/mol. The maximum atomic E-state index is 3.52. The van der Waals surface area contributed by atoms with Gasteiger partial charge in [-0.05, 0) is 45.0 Å². The van der Waals surface area contributed by atoms with Crippen LogP contribution in [0.3, 0.4) is 0 Å². The van der Waals surface area contributed by atoms with E-state index in [9.17, 15) is 0 Å². The summed E-state index contributed by atoms with van der Waals surface area (Å²) in [6, 6.07) is 52.4. The average molecular weight is 428 g/mol. The van der Waals surface area contributed by atoms with Crippen molar-refractivity contribution in [1.82, 2.24) is 0 Å². The second-order valence-electron chi connectivity index (χ2n) is 7.92. The molecule has 0 fully saturated rings. The summed E-state index contributed by atoms with van der Waals surface area (Å²) in [7, 11) is -2.44. The predicted octanol–water partition coefficient (Wildman–Crippen LogP) is 4.81. The zero-order chi connectivity index (χ0) is 21.6. The van der Waals surface area contributed by atoms with Gasteiger partial charge >= 0.3 is 0 Å². The molecule has 0 saturated heterocycles. The number of hydrogen-bond acceptors (Lipinski definition) is 1. The molecule has 0 heterocycles. The van der Waals surface area contributed by atoms with Crippen LogP contribution in [0.2, 0.25) is 0 Å². The second-order valence-corrected chi connectivity index (χ2v) is 11.7. The third kappa shape index (κ3) is 3.77. The van der Waals surface area contributed by atoms with Crippen molar-refractivity contribution in [3.63, 3.8) is 0 Å². The fourth-order valence-electron chi connectivity index (χ4n) is 4.56. The number of hydrogen-bond donors (Lipinski definition) is 1. The maximum Gasteiger partial charge on any atom is 0.179 e. The molecule has 0 aromatic heterocycles. The van der Waals surface area contributed by atoms with Gasteiger partial charge in [-0.2, -0.15) is 0 Å². The average Bonchev–Trinajstić information content (AvgIpc) is 2.88. The fourth-order valence-corrected chi connectivity index (χ4v) is 9.30. The maximum absolute atomic E-state index is 3.52. The Kier molecular flexibility index (Phi) is 5.69. The van der Waals surface area contributed by atoms with Crippen molar-refractivity contribution >= 4 is 40.2 Å². The molecule has 5 aromatic rings. The van der Waals surface area contributed by atoms with E-state index in [1.165, 1.54) is 20.7 Å². The molecule has 32 heavy (non-hydrogen) atoms. The van der Waals surface area contributed by atoms with E-state index >= 15 is 0 Å². The predicted molar refractivity (Wildman–Crippen MR) is 140 cm³/mol. The van der Waals surface area contributed by atoms with E-state index in [0.29, 0.717) is 0 Å². The summed E-state index contributed by atoms with van der Waals surface area (Å²) in [5.41, 5.74) is 2.19. The summed E-state index contributed by atoms with van der Waals surface area (Å²) >= 11 is 0.